The third-order valence-electron chi connectivity index (χ3n) is 3.96. The molecule has 1 aromatic carbocycles. The zero-order valence-corrected chi connectivity index (χ0v) is 13.8. The minimum absolute atomic E-state index is 0.00334. The summed E-state index contributed by atoms with van der Waals surface area (Å²) in [4.78, 5) is 28.7. The van der Waals surface area contributed by atoms with Crippen molar-refractivity contribution >= 4 is 22.8 Å². The minimum atomic E-state index is -1.13. The summed E-state index contributed by atoms with van der Waals surface area (Å²) in [6.07, 6.45) is 2.12. The lowest BCUT2D eigenvalue weighted by molar-refractivity contribution is 0.0698. The first kappa shape index (κ1) is 16.7. The molecular formula is C18H18N4O3. The van der Waals surface area contributed by atoms with Crippen LogP contribution in [-0.4, -0.2) is 31.7 Å². The first-order chi connectivity index (χ1) is 12.0. The fourth-order valence-corrected chi connectivity index (χ4v) is 2.85. The van der Waals surface area contributed by atoms with E-state index in [1.807, 2.05) is 12.1 Å². The number of benzene rings is 1. The standard InChI is InChI=1S/C18H18N4O3/c1-11(2)21-15-14(17(23)24)8-10-20-16(15)22(18(21)25)13-5-3-12(4-6-13)7-9-19/h3-6,8,10H,1,7,9,19H2,2H3,(H,23,24). The van der Waals surface area contributed by atoms with Crippen molar-refractivity contribution in [3.63, 3.8) is 0 Å². The van der Waals surface area contributed by atoms with Gasteiger partial charge in [0.1, 0.15) is 5.52 Å². The van der Waals surface area contributed by atoms with Crippen LogP contribution >= 0.6 is 0 Å². The number of hydrogen-bond acceptors (Lipinski definition) is 4. The van der Waals surface area contributed by atoms with Gasteiger partial charge < -0.3 is 10.8 Å². The van der Waals surface area contributed by atoms with Crippen LogP contribution in [0.2, 0.25) is 0 Å². The van der Waals surface area contributed by atoms with E-state index >= 15 is 0 Å². The maximum absolute atomic E-state index is 12.9. The van der Waals surface area contributed by atoms with E-state index in [9.17, 15) is 14.7 Å². The summed E-state index contributed by atoms with van der Waals surface area (Å²) in [5.41, 5.74) is 7.74. The third kappa shape index (κ3) is 2.74. The highest BCUT2D eigenvalue weighted by atomic mass is 16.4. The molecule has 0 aliphatic rings. The van der Waals surface area contributed by atoms with Crippen LogP contribution in [0.5, 0.6) is 0 Å². The molecule has 0 saturated carbocycles. The smallest absolute Gasteiger partial charge is 0.339 e. The van der Waals surface area contributed by atoms with Gasteiger partial charge in [-0.2, -0.15) is 0 Å². The molecule has 128 valence electrons. The largest absolute Gasteiger partial charge is 0.478 e. The molecule has 0 aliphatic carbocycles. The van der Waals surface area contributed by atoms with E-state index in [1.165, 1.54) is 21.4 Å². The monoisotopic (exact) mass is 338 g/mol. The number of allylic oxidation sites excluding steroid dienone is 1. The number of nitrogens with zero attached hydrogens (tertiary/aromatic N) is 3. The van der Waals surface area contributed by atoms with Crippen molar-refractivity contribution in [3.8, 4) is 5.69 Å². The number of imidazole rings is 1. The Balaban J connectivity index is 2.34. The normalized spacial score (nSPS) is 11.0. The molecule has 0 bridgehead atoms. The molecule has 7 heteroatoms. The molecule has 3 rings (SSSR count). The van der Waals surface area contributed by atoms with E-state index in [2.05, 4.69) is 11.6 Å². The molecule has 7 nitrogen and oxygen atoms in total. The number of hydrogen-bond donors (Lipinski definition) is 2. The van der Waals surface area contributed by atoms with Gasteiger partial charge in [0, 0.05) is 11.9 Å². The van der Waals surface area contributed by atoms with Crippen LogP contribution in [0.15, 0.2) is 47.9 Å². The van der Waals surface area contributed by atoms with Crippen LogP contribution in [0, 0.1) is 0 Å². The molecule has 2 aromatic heterocycles. The quantitative estimate of drug-likeness (QED) is 0.739. The third-order valence-corrected chi connectivity index (χ3v) is 3.96. The van der Waals surface area contributed by atoms with Gasteiger partial charge in [-0.05, 0) is 43.7 Å². The Morgan fingerprint density at radius 1 is 1.28 bits per heavy atom. The molecule has 25 heavy (non-hydrogen) atoms. The number of aromatic nitrogens is 3. The number of carboxylic acids is 1. The lowest BCUT2D eigenvalue weighted by Crippen LogP contribution is -2.22. The average Bonchev–Trinajstić information content (AvgIpc) is 2.87. The summed E-state index contributed by atoms with van der Waals surface area (Å²) >= 11 is 0. The molecule has 0 atom stereocenters. The van der Waals surface area contributed by atoms with Crippen molar-refractivity contribution in [1.82, 2.24) is 14.1 Å². The number of nitrogens with two attached hydrogens (primary N) is 1. The van der Waals surface area contributed by atoms with E-state index < -0.39 is 11.7 Å². The summed E-state index contributed by atoms with van der Waals surface area (Å²) in [6, 6.07) is 8.74. The Kier molecular flexibility index (Phi) is 4.24. The number of rotatable bonds is 5. The van der Waals surface area contributed by atoms with Gasteiger partial charge in [-0.25, -0.2) is 19.1 Å². The van der Waals surface area contributed by atoms with Crippen LogP contribution < -0.4 is 11.4 Å². The predicted molar refractivity (Wildman–Crippen MR) is 96.1 cm³/mol. The average molecular weight is 338 g/mol. The minimum Gasteiger partial charge on any atom is -0.478 e. The zero-order valence-electron chi connectivity index (χ0n) is 13.8. The maximum Gasteiger partial charge on any atom is 0.339 e. The predicted octanol–water partition coefficient (Wildman–Crippen LogP) is 1.88. The first-order valence-electron chi connectivity index (χ1n) is 7.76. The molecule has 0 fully saturated rings. The first-order valence-corrected chi connectivity index (χ1v) is 7.76. The molecule has 0 spiro atoms. The van der Waals surface area contributed by atoms with Crippen molar-refractivity contribution in [2.75, 3.05) is 6.54 Å². The van der Waals surface area contributed by atoms with E-state index in [0.29, 0.717) is 17.9 Å². The van der Waals surface area contributed by atoms with Crippen molar-refractivity contribution in [3.05, 3.63) is 64.7 Å². The highest BCUT2D eigenvalue weighted by Gasteiger charge is 2.21. The van der Waals surface area contributed by atoms with Gasteiger partial charge in [-0.15, -0.1) is 0 Å². The van der Waals surface area contributed by atoms with E-state index in [-0.39, 0.29) is 16.7 Å². The Hall–Kier alpha value is -3.19. The number of pyridine rings is 1. The van der Waals surface area contributed by atoms with Crippen molar-refractivity contribution < 1.29 is 9.90 Å². The second kappa shape index (κ2) is 6.37. The molecule has 0 saturated heterocycles. The second-order valence-electron chi connectivity index (χ2n) is 5.73. The fourth-order valence-electron chi connectivity index (χ4n) is 2.85. The molecular weight excluding hydrogens is 320 g/mol. The van der Waals surface area contributed by atoms with Crippen LogP contribution in [0.25, 0.3) is 22.5 Å². The van der Waals surface area contributed by atoms with Gasteiger partial charge in [0.25, 0.3) is 0 Å². The summed E-state index contributed by atoms with van der Waals surface area (Å²) in [7, 11) is 0. The van der Waals surface area contributed by atoms with E-state index in [1.54, 1.807) is 19.1 Å². The van der Waals surface area contributed by atoms with Gasteiger partial charge in [-0.3, -0.25) is 4.57 Å². The van der Waals surface area contributed by atoms with Crippen LogP contribution in [0.3, 0.4) is 0 Å². The molecule has 0 unspecified atom stereocenters. The van der Waals surface area contributed by atoms with Gasteiger partial charge >= 0.3 is 11.7 Å². The molecule has 0 radical (unpaired) electrons. The number of carboxylic acid groups (broad SMARTS) is 1. The molecule has 0 amide bonds. The topological polar surface area (TPSA) is 103 Å². The van der Waals surface area contributed by atoms with Gasteiger partial charge in [0.05, 0.1) is 11.3 Å². The summed E-state index contributed by atoms with van der Waals surface area (Å²) in [6.45, 7) is 5.98. The summed E-state index contributed by atoms with van der Waals surface area (Å²) in [5.74, 6) is -1.13. The second-order valence-corrected chi connectivity index (χ2v) is 5.73. The number of aromatic carboxylic acids is 1. The van der Waals surface area contributed by atoms with E-state index in [0.717, 1.165) is 12.0 Å². The Bertz CT molecular complexity index is 1030. The van der Waals surface area contributed by atoms with Gasteiger partial charge in [-0.1, -0.05) is 18.7 Å². The molecule has 3 N–H and O–H groups in total. The van der Waals surface area contributed by atoms with Crippen molar-refractivity contribution in [1.29, 1.82) is 0 Å². The zero-order chi connectivity index (χ0) is 18.1. The number of carbonyl (C=O) groups is 1. The lowest BCUT2D eigenvalue weighted by Gasteiger charge is -2.04. The Morgan fingerprint density at radius 2 is 1.96 bits per heavy atom. The molecule has 3 aromatic rings. The highest BCUT2D eigenvalue weighted by Crippen LogP contribution is 2.22. The van der Waals surface area contributed by atoms with E-state index in [4.69, 9.17) is 5.73 Å². The number of fused-ring (bicyclic) bond motifs is 1. The summed E-state index contributed by atoms with van der Waals surface area (Å²) < 4.78 is 2.67. The summed E-state index contributed by atoms with van der Waals surface area (Å²) in [5, 5.41) is 9.46. The molecule has 2 heterocycles. The fraction of sp³-hybridized carbons (Fsp3) is 0.167. The van der Waals surface area contributed by atoms with Gasteiger partial charge in [0.15, 0.2) is 5.65 Å². The van der Waals surface area contributed by atoms with Crippen LogP contribution in [0.4, 0.5) is 0 Å². The van der Waals surface area contributed by atoms with Crippen LogP contribution in [-0.2, 0) is 6.42 Å². The van der Waals surface area contributed by atoms with Crippen molar-refractivity contribution in [2.45, 2.75) is 13.3 Å². The van der Waals surface area contributed by atoms with Crippen LogP contribution in [0.1, 0.15) is 22.8 Å². The van der Waals surface area contributed by atoms with Gasteiger partial charge in [0.2, 0.25) is 0 Å². The maximum atomic E-state index is 12.9. The van der Waals surface area contributed by atoms with Crippen molar-refractivity contribution in [2.24, 2.45) is 5.73 Å². The SMILES string of the molecule is C=C(C)n1c(=O)n(-c2ccc(CCN)cc2)c2nccc(C(=O)O)c21. The lowest BCUT2D eigenvalue weighted by atomic mass is 10.1. The Morgan fingerprint density at radius 3 is 2.52 bits per heavy atom. The highest BCUT2D eigenvalue weighted by molar-refractivity contribution is 6.01. The molecule has 0 aliphatic heterocycles. The Labute approximate surface area is 143 Å².